The molecule has 0 bridgehead atoms. The van der Waals surface area contributed by atoms with Crippen LogP contribution in [0.2, 0.25) is 0 Å². The largest absolute Gasteiger partial charge is 0.463 e. The molecule has 0 aliphatic heterocycles. The third-order valence-corrected chi connectivity index (χ3v) is 4.51. The van der Waals surface area contributed by atoms with Gasteiger partial charge >= 0.3 is 11.9 Å². The number of esters is 2. The molecule has 0 unspecified atom stereocenters. The Bertz CT molecular complexity index is 690. The summed E-state index contributed by atoms with van der Waals surface area (Å²) < 4.78 is 10.6. The summed E-state index contributed by atoms with van der Waals surface area (Å²) in [7, 11) is 0. The van der Waals surface area contributed by atoms with Gasteiger partial charge in [-0.25, -0.2) is 0 Å². The van der Waals surface area contributed by atoms with E-state index < -0.39 is 53.3 Å². The van der Waals surface area contributed by atoms with Gasteiger partial charge < -0.3 is 14.6 Å². The maximum atomic E-state index is 12.8. The fourth-order valence-corrected chi connectivity index (χ4v) is 3.56. The summed E-state index contributed by atoms with van der Waals surface area (Å²) in [4.78, 5) is 42.5. The number of Topliss-reactive ketones (excluding diaryl/α,β-unsaturated/α-hetero) is 1. The van der Waals surface area contributed by atoms with Crippen molar-refractivity contribution in [1.82, 2.24) is 4.98 Å². The predicted octanol–water partition coefficient (Wildman–Crippen LogP) is 2.02. The van der Waals surface area contributed by atoms with E-state index in [1.807, 2.05) is 0 Å². The lowest BCUT2D eigenvalue weighted by Gasteiger charge is -2.43. The van der Waals surface area contributed by atoms with Crippen LogP contribution >= 0.6 is 0 Å². The molecular weight excluding hydrogens is 350 g/mol. The Morgan fingerprint density at radius 2 is 1.74 bits per heavy atom. The molecule has 7 heteroatoms. The Kier molecular flexibility index (Phi) is 6.36. The number of carbonyl (C=O) groups excluding carboxylic acids is 3. The molecule has 0 amide bonds. The lowest BCUT2D eigenvalue weighted by Crippen LogP contribution is -2.55. The third kappa shape index (κ3) is 4.71. The zero-order valence-electron chi connectivity index (χ0n) is 16.3. The first kappa shape index (κ1) is 21.0. The van der Waals surface area contributed by atoms with E-state index in [0.717, 1.165) is 0 Å². The number of ketones is 1. The summed E-state index contributed by atoms with van der Waals surface area (Å²) in [5, 5.41) is 10.9. The number of hydrogen-bond acceptors (Lipinski definition) is 7. The lowest BCUT2D eigenvalue weighted by atomic mass is 9.62. The maximum absolute atomic E-state index is 12.8. The molecule has 1 aromatic rings. The summed E-state index contributed by atoms with van der Waals surface area (Å²) in [6, 6.07) is 5.02. The number of aromatic nitrogens is 1. The van der Waals surface area contributed by atoms with Crippen molar-refractivity contribution >= 4 is 17.7 Å². The fraction of sp³-hybridized carbons (Fsp3) is 0.600. The minimum absolute atomic E-state index is 0.341. The van der Waals surface area contributed by atoms with Crippen LogP contribution in [0.4, 0.5) is 0 Å². The molecular formula is C20H27NO6. The van der Waals surface area contributed by atoms with Gasteiger partial charge in [-0.2, -0.15) is 0 Å². The monoisotopic (exact) mass is 377 g/mol. The Balaban J connectivity index is 2.57. The summed E-state index contributed by atoms with van der Waals surface area (Å²) in [6.07, 6.45) is 0.347. The van der Waals surface area contributed by atoms with Gasteiger partial charge in [0.1, 0.15) is 5.92 Å². The first-order valence-corrected chi connectivity index (χ1v) is 9.11. The van der Waals surface area contributed by atoms with E-state index in [9.17, 15) is 19.5 Å². The van der Waals surface area contributed by atoms with Crippen LogP contribution in [-0.4, -0.2) is 45.6 Å². The SMILES string of the molecule is CC(C)OC(=O)[C@H]1C(=O)C[C@](C)(O)[C@@H](C(=O)OC(C)C)[C@H]1c1ccccn1. The van der Waals surface area contributed by atoms with Crippen LogP contribution in [0.1, 0.15) is 52.7 Å². The molecule has 7 nitrogen and oxygen atoms in total. The summed E-state index contributed by atoms with van der Waals surface area (Å²) in [5.41, 5.74) is -1.30. The zero-order chi connectivity index (χ0) is 20.4. The van der Waals surface area contributed by atoms with Crippen molar-refractivity contribution in [2.75, 3.05) is 0 Å². The van der Waals surface area contributed by atoms with Gasteiger partial charge in [-0.3, -0.25) is 19.4 Å². The molecule has 0 saturated heterocycles. The van der Waals surface area contributed by atoms with Gasteiger partial charge in [0.25, 0.3) is 0 Å². The van der Waals surface area contributed by atoms with E-state index in [1.54, 1.807) is 45.9 Å². The standard InChI is InChI=1S/C20H27NO6/c1-11(2)26-18(23)16-14(22)10-20(5,25)17(19(24)27-12(3)4)15(16)13-8-6-7-9-21-13/h6-9,11-12,15-17,25H,10H2,1-5H3/t15-,16-,17+,20-/m0/s1. The number of pyridine rings is 1. The molecule has 1 N–H and O–H groups in total. The number of nitrogens with zero attached hydrogens (tertiary/aromatic N) is 1. The van der Waals surface area contributed by atoms with Gasteiger partial charge in [0.2, 0.25) is 0 Å². The number of hydrogen-bond donors (Lipinski definition) is 1. The van der Waals surface area contributed by atoms with Crippen molar-refractivity contribution < 1.29 is 29.0 Å². The number of rotatable bonds is 5. The highest BCUT2D eigenvalue weighted by Gasteiger charge is 2.57. The predicted molar refractivity (Wildman–Crippen MR) is 96.7 cm³/mol. The molecule has 1 aliphatic carbocycles. The van der Waals surface area contributed by atoms with Crippen LogP contribution in [0.25, 0.3) is 0 Å². The van der Waals surface area contributed by atoms with Crippen molar-refractivity contribution in [3.05, 3.63) is 30.1 Å². The first-order chi connectivity index (χ1) is 12.5. The molecule has 148 valence electrons. The summed E-state index contributed by atoms with van der Waals surface area (Å²) in [6.45, 7) is 8.17. The van der Waals surface area contributed by atoms with Crippen LogP contribution < -0.4 is 0 Å². The highest BCUT2D eigenvalue weighted by molar-refractivity contribution is 6.02. The molecule has 0 aromatic carbocycles. The highest BCUT2D eigenvalue weighted by Crippen LogP contribution is 2.46. The summed E-state index contributed by atoms with van der Waals surface area (Å²) in [5.74, 6) is -5.19. The number of aliphatic hydroxyl groups is 1. The second kappa shape index (κ2) is 8.17. The topological polar surface area (TPSA) is 103 Å². The van der Waals surface area contributed by atoms with E-state index in [1.165, 1.54) is 13.1 Å². The Morgan fingerprint density at radius 3 is 2.26 bits per heavy atom. The molecule has 1 heterocycles. The molecule has 1 aromatic heterocycles. The minimum atomic E-state index is -1.67. The first-order valence-electron chi connectivity index (χ1n) is 9.11. The molecule has 1 fully saturated rings. The van der Waals surface area contributed by atoms with Gasteiger partial charge in [-0.15, -0.1) is 0 Å². The molecule has 0 spiro atoms. The lowest BCUT2D eigenvalue weighted by molar-refractivity contribution is -0.176. The van der Waals surface area contributed by atoms with Crippen molar-refractivity contribution in [3.8, 4) is 0 Å². The van der Waals surface area contributed by atoms with Crippen LogP contribution in [0.5, 0.6) is 0 Å². The van der Waals surface area contributed by atoms with E-state index in [-0.39, 0.29) is 6.42 Å². The van der Waals surface area contributed by atoms with Gasteiger partial charge in [-0.05, 0) is 46.8 Å². The van der Waals surface area contributed by atoms with E-state index in [2.05, 4.69) is 4.98 Å². The van der Waals surface area contributed by atoms with Crippen molar-refractivity contribution in [2.45, 2.75) is 64.8 Å². The van der Waals surface area contributed by atoms with Crippen LogP contribution in [0.15, 0.2) is 24.4 Å². The normalized spacial score (nSPS) is 28.3. The number of carbonyl (C=O) groups is 3. The quantitative estimate of drug-likeness (QED) is 0.618. The minimum Gasteiger partial charge on any atom is -0.463 e. The number of ether oxygens (including phenoxy) is 2. The highest BCUT2D eigenvalue weighted by atomic mass is 16.5. The second-order valence-corrected chi connectivity index (χ2v) is 7.71. The van der Waals surface area contributed by atoms with Crippen LogP contribution in [0.3, 0.4) is 0 Å². The van der Waals surface area contributed by atoms with Crippen molar-refractivity contribution in [2.24, 2.45) is 11.8 Å². The molecule has 0 radical (unpaired) electrons. The average molecular weight is 377 g/mol. The molecule has 4 atom stereocenters. The van der Waals surface area contributed by atoms with Gasteiger partial charge in [-0.1, -0.05) is 6.07 Å². The van der Waals surface area contributed by atoms with E-state index >= 15 is 0 Å². The zero-order valence-corrected chi connectivity index (χ0v) is 16.3. The van der Waals surface area contributed by atoms with E-state index in [4.69, 9.17) is 9.47 Å². The second-order valence-electron chi connectivity index (χ2n) is 7.71. The smallest absolute Gasteiger partial charge is 0.317 e. The van der Waals surface area contributed by atoms with Gasteiger partial charge in [0.05, 0.1) is 23.7 Å². The van der Waals surface area contributed by atoms with Crippen molar-refractivity contribution in [3.63, 3.8) is 0 Å². The van der Waals surface area contributed by atoms with Crippen molar-refractivity contribution in [1.29, 1.82) is 0 Å². The molecule has 1 saturated carbocycles. The van der Waals surface area contributed by atoms with Crippen LogP contribution in [-0.2, 0) is 23.9 Å². The van der Waals surface area contributed by atoms with Crippen LogP contribution in [0, 0.1) is 11.8 Å². The molecule has 27 heavy (non-hydrogen) atoms. The van der Waals surface area contributed by atoms with Gasteiger partial charge in [0.15, 0.2) is 5.78 Å². The maximum Gasteiger partial charge on any atom is 0.317 e. The fourth-order valence-electron chi connectivity index (χ4n) is 3.56. The van der Waals surface area contributed by atoms with E-state index in [0.29, 0.717) is 5.69 Å². The molecule has 2 rings (SSSR count). The Labute approximate surface area is 159 Å². The Morgan fingerprint density at radius 1 is 1.15 bits per heavy atom. The summed E-state index contributed by atoms with van der Waals surface area (Å²) >= 11 is 0. The Hall–Kier alpha value is -2.28. The van der Waals surface area contributed by atoms with Gasteiger partial charge in [0, 0.05) is 24.2 Å². The average Bonchev–Trinajstić information content (AvgIpc) is 2.52. The molecule has 1 aliphatic rings. The third-order valence-electron chi connectivity index (χ3n) is 4.51.